The van der Waals surface area contributed by atoms with Crippen LogP contribution >= 0.6 is 0 Å². The summed E-state index contributed by atoms with van der Waals surface area (Å²) in [4.78, 5) is 23.0. The molecule has 2 saturated carbocycles. The summed E-state index contributed by atoms with van der Waals surface area (Å²) in [5.41, 5.74) is 0. The van der Waals surface area contributed by atoms with Crippen molar-refractivity contribution in [1.29, 1.82) is 0 Å². The molecule has 24 heavy (non-hydrogen) atoms. The van der Waals surface area contributed by atoms with Gasteiger partial charge in [0.05, 0.1) is 5.92 Å². The number of carbonyl (C=O) groups excluding carboxylic acids is 2. The van der Waals surface area contributed by atoms with Crippen LogP contribution in [0, 0.1) is 17.8 Å². The number of hydrogen-bond acceptors (Lipinski definition) is 8. The molecule has 8 nitrogen and oxygen atoms in total. The molecule has 3 fully saturated rings. The fourth-order valence-corrected chi connectivity index (χ4v) is 3.99. The van der Waals surface area contributed by atoms with E-state index < -0.39 is 46.5 Å². The van der Waals surface area contributed by atoms with Crippen molar-refractivity contribution in [2.45, 2.75) is 36.5 Å². The predicted molar refractivity (Wildman–Crippen MR) is 65.3 cm³/mol. The highest BCUT2D eigenvalue weighted by molar-refractivity contribution is 7.86. The molecule has 0 spiro atoms. The lowest BCUT2D eigenvalue weighted by Crippen LogP contribution is -2.42. The molecule has 3 aliphatic rings. The molecule has 0 N–H and O–H groups in total. The molecule has 6 atom stereocenters. The molecule has 0 aromatic rings. The average Bonchev–Trinajstić information content (AvgIpc) is 3.08. The minimum absolute atomic E-state index is 0.0795. The maximum Gasteiger partial charge on any atom is 0.508 e. The Morgan fingerprint density at radius 2 is 2.08 bits per heavy atom. The van der Waals surface area contributed by atoms with Crippen molar-refractivity contribution in [2.75, 3.05) is 6.61 Å². The smallest absolute Gasteiger partial charge is 0.508 e. The molecular weight excluding hydrogens is 361 g/mol. The highest BCUT2D eigenvalue weighted by Gasteiger charge is 2.63. The third kappa shape index (κ3) is 2.61. The first kappa shape index (κ1) is 17.3. The lowest BCUT2D eigenvalue weighted by Gasteiger charge is -2.26. The second-order valence-corrected chi connectivity index (χ2v) is 7.48. The number of hydrogen-bond donors (Lipinski definition) is 0. The summed E-state index contributed by atoms with van der Waals surface area (Å²) in [6, 6.07) is 0. The Kier molecular flexibility index (Phi) is 3.94. The maximum absolute atomic E-state index is 13.2. The van der Waals surface area contributed by atoms with Gasteiger partial charge >= 0.3 is 17.4 Å². The number of carbonyl (C=O) groups is 2. The molecule has 12 heteroatoms. The summed E-state index contributed by atoms with van der Waals surface area (Å²) in [6.45, 7) is -1.67. The van der Waals surface area contributed by atoms with E-state index in [2.05, 4.69) is 4.74 Å². The van der Waals surface area contributed by atoms with E-state index in [-0.39, 0.29) is 23.7 Å². The van der Waals surface area contributed by atoms with Gasteiger partial charge in [-0.05, 0) is 12.8 Å². The zero-order valence-electron chi connectivity index (χ0n) is 11.9. The topological polar surface area (TPSA) is 119 Å². The first-order valence-corrected chi connectivity index (χ1v) is 8.44. The summed E-state index contributed by atoms with van der Waals surface area (Å²) in [5, 5.41) is -5.23. The number of alkyl halides is 3. The van der Waals surface area contributed by atoms with Crippen molar-refractivity contribution in [2.24, 2.45) is 17.8 Å². The van der Waals surface area contributed by atoms with Crippen molar-refractivity contribution in [3.05, 3.63) is 0 Å². The second kappa shape index (κ2) is 5.48. The Bertz CT molecular complexity index is 665. The van der Waals surface area contributed by atoms with Gasteiger partial charge in [0, 0.05) is 11.8 Å². The molecule has 136 valence electrons. The van der Waals surface area contributed by atoms with E-state index in [4.69, 9.17) is 9.47 Å². The van der Waals surface area contributed by atoms with Crippen molar-refractivity contribution in [3.63, 3.8) is 0 Å². The van der Waals surface area contributed by atoms with Crippen LogP contribution in [0.4, 0.5) is 18.0 Å². The molecule has 0 radical (unpaired) electrons. The predicted octanol–water partition coefficient (Wildman–Crippen LogP) is 0.566. The SMILES string of the molecule is O=C(OCC(F)C(F)(F)S(=O)(=O)[O-])OC1C2CC3C(=O)OC1C3C2. The van der Waals surface area contributed by atoms with E-state index in [1.54, 1.807) is 0 Å². The Morgan fingerprint density at radius 3 is 2.71 bits per heavy atom. The van der Waals surface area contributed by atoms with Gasteiger partial charge in [0.2, 0.25) is 6.17 Å². The molecular formula is C12H12F3O8S-. The van der Waals surface area contributed by atoms with Gasteiger partial charge in [-0.2, -0.15) is 8.78 Å². The van der Waals surface area contributed by atoms with E-state index in [9.17, 15) is 35.7 Å². The van der Waals surface area contributed by atoms with Gasteiger partial charge in [-0.15, -0.1) is 0 Å². The van der Waals surface area contributed by atoms with Crippen LogP contribution in [-0.2, 0) is 29.1 Å². The number of fused-ring (bicyclic) bond motifs is 1. The molecule has 1 heterocycles. The molecule has 3 rings (SSSR count). The van der Waals surface area contributed by atoms with Gasteiger partial charge in [-0.25, -0.2) is 17.6 Å². The Labute approximate surface area is 134 Å². The van der Waals surface area contributed by atoms with Gasteiger partial charge in [0.25, 0.3) is 0 Å². The zero-order chi connectivity index (χ0) is 17.9. The van der Waals surface area contributed by atoms with Crippen LogP contribution < -0.4 is 0 Å². The van der Waals surface area contributed by atoms with Gasteiger partial charge in [-0.3, -0.25) is 4.79 Å². The molecule has 0 aromatic carbocycles. The Balaban J connectivity index is 1.53. The van der Waals surface area contributed by atoms with Crippen molar-refractivity contribution >= 4 is 22.2 Å². The van der Waals surface area contributed by atoms with Crippen LogP contribution in [0.15, 0.2) is 0 Å². The minimum Gasteiger partial charge on any atom is -0.743 e. The van der Waals surface area contributed by atoms with E-state index >= 15 is 0 Å². The highest BCUT2D eigenvalue weighted by atomic mass is 32.2. The minimum atomic E-state index is -6.24. The number of esters is 1. The monoisotopic (exact) mass is 373 g/mol. The summed E-state index contributed by atoms with van der Waals surface area (Å²) in [7, 11) is -6.24. The molecule has 2 bridgehead atoms. The highest BCUT2D eigenvalue weighted by Crippen LogP contribution is 2.55. The third-order valence-corrected chi connectivity index (χ3v) is 5.61. The van der Waals surface area contributed by atoms with E-state index in [1.807, 2.05) is 0 Å². The van der Waals surface area contributed by atoms with Crippen LogP contribution in [0.1, 0.15) is 12.8 Å². The number of halogens is 3. The standard InChI is InChI=1S/C12H13F3O8S/c13-7(12(14,15)24(18,19)20)3-21-11(17)23-8-4-1-5-6(2-4)10(16)22-9(5)8/h4-9H,1-3H2,(H,18,19,20)/p-1. The molecule has 0 amide bonds. The largest absolute Gasteiger partial charge is 0.743 e. The summed E-state index contributed by atoms with van der Waals surface area (Å²) in [5.74, 6) is -0.832. The lowest BCUT2D eigenvalue weighted by atomic mass is 9.88. The van der Waals surface area contributed by atoms with Crippen LogP contribution in [0.25, 0.3) is 0 Å². The van der Waals surface area contributed by atoms with Gasteiger partial charge in [0.15, 0.2) is 10.1 Å². The summed E-state index contributed by atoms with van der Waals surface area (Å²) >= 11 is 0. The van der Waals surface area contributed by atoms with Crippen molar-refractivity contribution in [3.8, 4) is 0 Å². The van der Waals surface area contributed by atoms with Gasteiger partial charge in [-0.1, -0.05) is 0 Å². The van der Waals surface area contributed by atoms with E-state index in [0.717, 1.165) is 0 Å². The van der Waals surface area contributed by atoms with Crippen molar-refractivity contribution in [1.82, 2.24) is 0 Å². The molecule has 2 aliphatic carbocycles. The van der Waals surface area contributed by atoms with Crippen LogP contribution in [-0.4, -0.2) is 55.3 Å². The Hall–Kier alpha value is -1.56. The zero-order valence-corrected chi connectivity index (χ0v) is 12.7. The molecule has 6 unspecified atom stereocenters. The number of ether oxygens (including phenoxy) is 3. The number of rotatable bonds is 5. The van der Waals surface area contributed by atoms with Gasteiger partial charge in [0.1, 0.15) is 18.8 Å². The first-order chi connectivity index (χ1) is 11.0. The van der Waals surface area contributed by atoms with Gasteiger partial charge < -0.3 is 18.8 Å². The molecule has 0 aromatic heterocycles. The lowest BCUT2D eigenvalue weighted by molar-refractivity contribution is -0.146. The summed E-state index contributed by atoms with van der Waals surface area (Å²) in [6.07, 6.45) is -5.41. The normalized spacial score (nSPS) is 35.7. The third-order valence-electron chi connectivity index (χ3n) is 4.69. The van der Waals surface area contributed by atoms with Crippen LogP contribution in [0.3, 0.4) is 0 Å². The average molecular weight is 373 g/mol. The van der Waals surface area contributed by atoms with Crippen LogP contribution in [0.5, 0.6) is 0 Å². The first-order valence-electron chi connectivity index (χ1n) is 7.03. The quantitative estimate of drug-likeness (QED) is 0.507. The molecule has 1 saturated heterocycles. The summed E-state index contributed by atoms with van der Waals surface area (Å²) < 4.78 is 83.9. The Morgan fingerprint density at radius 1 is 1.42 bits per heavy atom. The maximum atomic E-state index is 13.2. The van der Waals surface area contributed by atoms with E-state index in [1.165, 1.54) is 0 Å². The second-order valence-electron chi connectivity index (χ2n) is 6.03. The van der Waals surface area contributed by atoms with Crippen LogP contribution in [0.2, 0.25) is 0 Å². The fraction of sp³-hybridized carbons (Fsp3) is 0.833. The van der Waals surface area contributed by atoms with E-state index in [0.29, 0.717) is 12.8 Å². The molecule has 1 aliphatic heterocycles. The fourth-order valence-electron chi connectivity index (χ4n) is 3.60. The van der Waals surface area contributed by atoms with Crippen molar-refractivity contribution < 1.29 is 49.9 Å².